The van der Waals surface area contributed by atoms with E-state index < -0.39 is 0 Å². The van der Waals surface area contributed by atoms with Gasteiger partial charge in [-0.3, -0.25) is 4.79 Å². The molecule has 0 aliphatic heterocycles. The number of carbonyl (C=O) groups excluding carboxylic acids is 1. The predicted molar refractivity (Wildman–Crippen MR) is 62.8 cm³/mol. The Morgan fingerprint density at radius 2 is 1.80 bits per heavy atom. The molecule has 1 aliphatic rings. The molecule has 0 spiro atoms. The van der Waals surface area contributed by atoms with E-state index in [-0.39, 0.29) is 11.4 Å². The molecule has 1 rings (SSSR count). The van der Waals surface area contributed by atoms with E-state index in [9.17, 15) is 4.79 Å². The number of hydrogen-bond donors (Lipinski definition) is 1. The first kappa shape index (κ1) is 12.5. The van der Waals surface area contributed by atoms with E-state index in [4.69, 9.17) is 0 Å². The standard InChI is InChI=1S/C12H24N2O/c1-4-14(5-2)11(15)10-13-12(3)8-6-7-9-12/h13H,4-10H2,1-3H3. The number of likely N-dealkylation sites (N-methyl/N-ethyl adjacent to an activating group) is 1. The molecular formula is C12H24N2O. The summed E-state index contributed by atoms with van der Waals surface area (Å²) >= 11 is 0. The van der Waals surface area contributed by atoms with Gasteiger partial charge in [-0.1, -0.05) is 12.8 Å². The maximum Gasteiger partial charge on any atom is 0.236 e. The lowest BCUT2D eigenvalue weighted by Crippen LogP contribution is -2.46. The molecule has 0 atom stereocenters. The van der Waals surface area contributed by atoms with Crippen molar-refractivity contribution >= 4 is 5.91 Å². The van der Waals surface area contributed by atoms with E-state index in [1.807, 2.05) is 18.7 Å². The first-order valence-corrected chi connectivity index (χ1v) is 6.14. The zero-order valence-electron chi connectivity index (χ0n) is 10.3. The van der Waals surface area contributed by atoms with Crippen molar-refractivity contribution in [2.75, 3.05) is 19.6 Å². The molecule has 0 aromatic heterocycles. The van der Waals surface area contributed by atoms with Crippen LogP contribution in [-0.2, 0) is 4.79 Å². The van der Waals surface area contributed by atoms with Crippen LogP contribution >= 0.6 is 0 Å². The third kappa shape index (κ3) is 3.49. The van der Waals surface area contributed by atoms with Crippen LogP contribution in [0.15, 0.2) is 0 Å². The summed E-state index contributed by atoms with van der Waals surface area (Å²) in [5.41, 5.74) is 0.211. The molecule has 88 valence electrons. The van der Waals surface area contributed by atoms with Gasteiger partial charge in [0.2, 0.25) is 5.91 Å². The van der Waals surface area contributed by atoms with Gasteiger partial charge in [-0.2, -0.15) is 0 Å². The number of hydrogen-bond acceptors (Lipinski definition) is 2. The second-order valence-corrected chi connectivity index (χ2v) is 4.69. The predicted octanol–water partition coefficient (Wildman–Crippen LogP) is 1.78. The van der Waals surface area contributed by atoms with E-state index in [1.165, 1.54) is 25.7 Å². The summed E-state index contributed by atoms with van der Waals surface area (Å²) in [7, 11) is 0. The van der Waals surface area contributed by atoms with Gasteiger partial charge >= 0.3 is 0 Å². The molecule has 1 N–H and O–H groups in total. The lowest BCUT2D eigenvalue weighted by molar-refractivity contribution is -0.130. The van der Waals surface area contributed by atoms with Crippen LogP contribution in [-0.4, -0.2) is 36.0 Å². The van der Waals surface area contributed by atoms with Gasteiger partial charge in [0.15, 0.2) is 0 Å². The van der Waals surface area contributed by atoms with Crippen LogP contribution in [0.3, 0.4) is 0 Å². The molecule has 0 heterocycles. The van der Waals surface area contributed by atoms with Gasteiger partial charge in [-0.25, -0.2) is 0 Å². The van der Waals surface area contributed by atoms with Crippen molar-refractivity contribution in [3.05, 3.63) is 0 Å². The topological polar surface area (TPSA) is 32.3 Å². The second-order valence-electron chi connectivity index (χ2n) is 4.69. The molecule has 0 radical (unpaired) electrons. The van der Waals surface area contributed by atoms with Gasteiger partial charge in [0.05, 0.1) is 6.54 Å². The Morgan fingerprint density at radius 1 is 1.27 bits per heavy atom. The average Bonchev–Trinajstić information content (AvgIpc) is 2.65. The molecule has 15 heavy (non-hydrogen) atoms. The van der Waals surface area contributed by atoms with E-state index in [0.717, 1.165) is 13.1 Å². The van der Waals surface area contributed by atoms with Crippen molar-refractivity contribution in [3.63, 3.8) is 0 Å². The number of amides is 1. The summed E-state index contributed by atoms with van der Waals surface area (Å²) < 4.78 is 0. The van der Waals surface area contributed by atoms with Crippen molar-refractivity contribution in [1.82, 2.24) is 10.2 Å². The number of nitrogens with one attached hydrogen (secondary N) is 1. The minimum absolute atomic E-state index is 0.211. The lowest BCUT2D eigenvalue weighted by atomic mass is 10.0. The molecule has 0 bridgehead atoms. The number of rotatable bonds is 5. The molecule has 0 unspecified atom stereocenters. The van der Waals surface area contributed by atoms with Crippen LogP contribution < -0.4 is 5.32 Å². The Kier molecular flexibility index (Phi) is 4.58. The third-order valence-corrected chi connectivity index (χ3v) is 3.49. The summed E-state index contributed by atoms with van der Waals surface area (Å²) in [6, 6.07) is 0. The minimum Gasteiger partial charge on any atom is -0.342 e. The van der Waals surface area contributed by atoms with E-state index in [0.29, 0.717) is 6.54 Å². The molecule has 1 amide bonds. The van der Waals surface area contributed by atoms with Crippen molar-refractivity contribution in [2.45, 2.75) is 52.0 Å². The van der Waals surface area contributed by atoms with Crippen LogP contribution in [0.5, 0.6) is 0 Å². The fourth-order valence-corrected chi connectivity index (χ4v) is 2.31. The van der Waals surface area contributed by atoms with Gasteiger partial charge in [0.1, 0.15) is 0 Å². The summed E-state index contributed by atoms with van der Waals surface area (Å²) in [6.07, 6.45) is 5.00. The zero-order chi connectivity index (χ0) is 11.3. The van der Waals surface area contributed by atoms with Crippen LogP contribution in [0, 0.1) is 0 Å². The highest BCUT2D eigenvalue weighted by Crippen LogP contribution is 2.28. The molecule has 1 fully saturated rings. The summed E-state index contributed by atoms with van der Waals surface area (Å²) in [5.74, 6) is 0.230. The molecule has 1 saturated carbocycles. The summed E-state index contributed by atoms with van der Waals surface area (Å²) in [6.45, 7) is 8.41. The highest BCUT2D eigenvalue weighted by molar-refractivity contribution is 5.78. The maximum absolute atomic E-state index is 11.8. The summed E-state index contributed by atoms with van der Waals surface area (Å²) in [5, 5.41) is 3.42. The first-order valence-electron chi connectivity index (χ1n) is 6.14. The highest BCUT2D eigenvalue weighted by Gasteiger charge is 2.28. The van der Waals surface area contributed by atoms with E-state index in [2.05, 4.69) is 12.2 Å². The van der Waals surface area contributed by atoms with Crippen LogP contribution in [0.1, 0.15) is 46.5 Å². The van der Waals surface area contributed by atoms with Crippen molar-refractivity contribution in [3.8, 4) is 0 Å². The highest BCUT2D eigenvalue weighted by atomic mass is 16.2. The Balaban J connectivity index is 2.32. The smallest absolute Gasteiger partial charge is 0.236 e. The summed E-state index contributed by atoms with van der Waals surface area (Å²) in [4.78, 5) is 13.6. The van der Waals surface area contributed by atoms with Crippen molar-refractivity contribution < 1.29 is 4.79 Å². The Hall–Kier alpha value is -0.570. The first-order chi connectivity index (χ1) is 7.11. The fourth-order valence-electron chi connectivity index (χ4n) is 2.31. The Morgan fingerprint density at radius 3 is 2.27 bits per heavy atom. The van der Waals surface area contributed by atoms with Crippen LogP contribution in [0.4, 0.5) is 0 Å². The molecule has 0 aromatic carbocycles. The van der Waals surface area contributed by atoms with Crippen LogP contribution in [0.2, 0.25) is 0 Å². The molecule has 3 heteroatoms. The normalized spacial score (nSPS) is 19.1. The van der Waals surface area contributed by atoms with Gasteiger partial charge in [0, 0.05) is 18.6 Å². The molecule has 1 aliphatic carbocycles. The van der Waals surface area contributed by atoms with Crippen molar-refractivity contribution in [2.24, 2.45) is 0 Å². The van der Waals surface area contributed by atoms with Gasteiger partial charge < -0.3 is 10.2 Å². The quantitative estimate of drug-likeness (QED) is 0.753. The fraction of sp³-hybridized carbons (Fsp3) is 0.917. The van der Waals surface area contributed by atoms with Gasteiger partial charge in [-0.15, -0.1) is 0 Å². The number of nitrogens with zero attached hydrogens (tertiary/aromatic N) is 1. The Labute approximate surface area is 93.2 Å². The molecule has 0 saturated heterocycles. The molecule has 3 nitrogen and oxygen atoms in total. The van der Waals surface area contributed by atoms with Crippen molar-refractivity contribution in [1.29, 1.82) is 0 Å². The average molecular weight is 212 g/mol. The zero-order valence-corrected chi connectivity index (χ0v) is 10.3. The maximum atomic E-state index is 11.8. The number of carbonyl (C=O) groups is 1. The third-order valence-electron chi connectivity index (χ3n) is 3.49. The Bertz CT molecular complexity index is 206. The van der Waals surface area contributed by atoms with E-state index in [1.54, 1.807) is 0 Å². The van der Waals surface area contributed by atoms with E-state index >= 15 is 0 Å². The van der Waals surface area contributed by atoms with Gasteiger partial charge in [-0.05, 0) is 33.6 Å². The SMILES string of the molecule is CCN(CC)C(=O)CNC1(C)CCCC1. The second kappa shape index (κ2) is 5.50. The van der Waals surface area contributed by atoms with Gasteiger partial charge in [0.25, 0.3) is 0 Å². The van der Waals surface area contributed by atoms with Crippen LogP contribution in [0.25, 0.3) is 0 Å². The molecular weight excluding hydrogens is 188 g/mol. The minimum atomic E-state index is 0.211. The molecule has 0 aromatic rings. The monoisotopic (exact) mass is 212 g/mol. The largest absolute Gasteiger partial charge is 0.342 e. The lowest BCUT2D eigenvalue weighted by Gasteiger charge is -2.27.